The van der Waals surface area contributed by atoms with Gasteiger partial charge in [-0.05, 0) is 37.1 Å². The molecule has 0 bridgehead atoms. The zero-order valence-corrected chi connectivity index (χ0v) is 18.0. The van der Waals surface area contributed by atoms with Crippen molar-refractivity contribution in [2.24, 2.45) is 0 Å². The van der Waals surface area contributed by atoms with E-state index >= 15 is 0 Å². The number of ether oxygens (including phenoxy) is 1. The summed E-state index contributed by atoms with van der Waals surface area (Å²) in [6, 6.07) is 13.5. The standard InChI is InChI=1S/C24H26ClNO4/c1-3-5-9-14-26-21(16-10-7-6-8-11-16)20(23(28)24(26)29)22(27)17-12-13-18(25)19(15-17)30-4-2/h6-8,10-13,15,21,27H,3-5,9,14H2,1-2H3/b22-20-. The normalized spacial score (nSPS) is 18.1. The van der Waals surface area contributed by atoms with Crippen LogP contribution in [-0.2, 0) is 9.59 Å². The second-order valence-electron chi connectivity index (χ2n) is 7.19. The van der Waals surface area contributed by atoms with Crippen LogP contribution in [0.4, 0.5) is 0 Å². The summed E-state index contributed by atoms with van der Waals surface area (Å²) in [7, 11) is 0. The number of amides is 1. The molecule has 1 amide bonds. The number of unbranched alkanes of at least 4 members (excludes halogenated alkanes) is 2. The van der Waals surface area contributed by atoms with E-state index in [1.165, 1.54) is 0 Å². The first-order chi connectivity index (χ1) is 14.5. The summed E-state index contributed by atoms with van der Waals surface area (Å²) in [5.41, 5.74) is 1.26. The van der Waals surface area contributed by atoms with E-state index in [9.17, 15) is 14.7 Å². The Kier molecular flexibility index (Phi) is 7.16. The second-order valence-corrected chi connectivity index (χ2v) is 7.60. The number of nitrogens with zero attached hydrogens (tertiary/aromatic N) is 1. The number of likely N-dealkylation sites (tertiary alicyclic amines) is 1. The van der Waals surface area contributed by atoms with Gasteiger partial charge in [0.25, 0.3) is 11.7 Å². The molecule has 1 atom stereocenters. The van der Waals surface area contributed by atoms with Crippen LogP contribution in [0.15, 0.2) is 54.1 Å². The number of ketones is 1. The maximum Gasteiger partial charge on any atom is 0.295 e. The van der Waals surface area contributed by atoms with Gasteiger partial charge in [0.15, 0.2) is 0 Å². The molecule has 30 heavy (non-hydrogen) atoms. The Balaban J connectivity index is 2.11. The Hall–Kier alpha value is -2.79. The molecule has 0 aliphatic carbocycles. The third kappa shape index (κ3) is 4.36. The van der Waals surface area contributed by atoms with Crippen LogP contribution in [0.5, 0.6) is 5.75 Å². The molecule has 0 aromatic heterocycles. The Morgan fingerprint density at radius 2 is 1.83 bits per heavy atom. The van der Waals surface area contributed by atoms with Gasteiger partial charge < -0.3 is 14.7 Å². The Morgan fingerprint density at radius 3 is 2.50 bits per heavy atom. The van der Waals surface area contributed by atoms with E-state index in [1.807, 2.05) is 37.3 Å². The van der Waals surface area contributed by atoms with Crippen molar-refractivity contribution in [3.63, 3.8) is 0 Å². The number of hydrogen-bond donors (Lipinski definition) is 1. The largest absolute Gasteiger partial charge is 0.507 e. The minimum Gasteiger partial charge on any atom is -0.507 e. The highest BCUT2D eigenvalue weighted by molar-refractivity contribution is 6.46. The van der Waals surface area contributed by atoms with Crippen LogP contribution in [0.25, 0.3) is 5.76 Å². The van der Waals surface area contributed by atoms with E-state index < -0.39 is 17.7 Å². The van der Waals surface area contributed by atoms with Gasteiger partial charge in [-0.2, -0.15) is 0 Å². The minimum absolute atomic E-state index is 0.0902. The molecule has 158 valence electrons. The van der Waals surface area contributed by atoms with Crippen molar-refractivity contribution in [3.8, 4) is 5.75 Å². The van der Waals surface area contributed by atoms with Crippen molar-refractivity contribution in [1.29, 1.82) is 0 Å². The Morgan fingerprint density at radius 1 is 1.10 bits per heavy atom. The SMILES string of the molecule is CCCCCN1C(=O)C(=O)/C(=C(\O)c2ccc(Cl)c(OCC)c2)C1c1ccccc1. The summed E-state index contributed by atoms with van der Waals surface area (Å²) in [5.74, 6) is -1.07. The fourth-order valence-electron chi connectivity index (χ4n) is 3.70. The zero-order valence-electron chi connectivity index (χ0n) is 17.2. The zero-order chi connectivity index (χ0) is 21.7. The molecule has 0 saturated carbocycles. The van der Waals surface area contributed by atoms with Gasteiger partial charge in [0.2, 0.25) is 0 Å². The third-order valence-corrected chi connectivity index (χ3v) is 5.47. The highest BCUT2D eigenvalue weighted by atomic mass is 35.5. The molecular formula is C24H26ClNO4. The number of aliphatic hydroxyl groups excluding tert-OH is 1. The fraction of sp³-hybridized carbons (Fsp3) is 0.333. The number of aliphatic hydroxyl groups is 1. The van der Waals surface area contributed by atoms with E-state index in [0.29, 0.717) is 29.5 Å². The van der Waals surface area contributed by atoms with Crippen molar-refractivity contribution >= 4 is 29.1 Å². The second kappa shape index (κ2) is 9.81. The predicted molar refractivity (Wildman–Crippen MR) is 118 cm³/mol. The van der Waals surface area contributed by atoms with Gasteiger partial charge >= 0.3 is 0 Å². The van der Waals surface area contributed by atoms with Crippen LogP contribution < -0.4 is 4.74 Å². The summed E-state index contributed by atoms with van der Waals surface area (Å²) >= 11 is 6.16. The quantitative estimate of drug-likeness (QED) is 0.267. The minimum atomic E-state index is -0.675. The molecule has 1 N–H and O–H groups in total. The van der Waals surface area contributed by atoms with E-state index in [2.05, 4.69) is 6.92 Å². The van der Waals surface area contributed by atoms with Crippen molar-refractivity contribution in [3.05, 3.63) is 70.3 Å². The van der Waals surface area contributed by atoms with Crippen LogP contribution in [0.2, 0.25) is 5.02 Å². The van der Waals surface area contributed by atoms with E-state index in [4.69, 9.17) is 16.3 Å². The van der Waals surface area contributed by atoms with Crippen LogP contribution in [0, 0.1) is 0 Å². The fourth-order valence-corrected chi connectivity index (χ4v) is 3.87. The number of halogens is 1. The molecule has 1 fully saturated rings. The average Bonchev–Trinajstić information content (AvgIpc) is 3.01. The smallest absolute Gasteiger partial charge is 0.295 e. The van der Waals surface area contributed by atoms with E-state index in [-0.39, 0.29) is 11.3 Å². The van der Waals surface area contributed by atoms with E-state index in [1.54, 1.807) is 23.1 Å². The third-order valence-electron chi connectivity index (χ3n) is 5.16. The number of rotatable bonds is 8. The number of Topliss-reactive ketones (excluding diaryl/α,β-unsaturated/α-hetero) is 1. The van der Waals surface area contributed by atoms with Gasteiger partial charge in [-0.25, -0.2) is 0 Å². The molecule has 1 heterocycles. The Bertz CT molecular complexity index is 955. The number of carbonyl (C=O) groups is 2. The monoisotopic (exact) mass is 427 g/mol. The molecule has 1 aliphatic heterocycles. The lowest BCUT2D eigenvalue weighted by Crippen LogP contribution is -2.30. The summed E-state index contributed by atoms with van der Waals surface area (Å²) in [5, 5.41) is 11.5. The van der Waals surface area contributed by atoms with E-state index in [0.717, 1.165) is 24.8 Å². The molecule has 1 saturated heterocycles. The van der Waals surface area contributed by atoms with Crippen molar-refractivity contribution in [1.82, 2.24) is 4.90 Å². The number of benzene rings is 2. The number of carbonyl (C=O) groups excluding carboxylic acids is 2. The molecule has 6 heteroatoms. The summed E-state index contributed by atoms with van der Waals surface area (Å²) in [6.07, 6.45) is 2.76. The van der Waals surface area contributed by atoms with Crippen LogP contribution in [-0.4, -0.2) is 34.8 Å². The molecule has 0 radical (unpaired) electrons. The molecule has 3 rings (SSSR count). The molecule has 5 nitrogen and oxygen atoms in total. The Labute approximate surface area is 181 Å². The van der Waals surface area contributed by atoms with Crippen molar-refractivity contribution in [2.75, 3.05) is 13.2 Å². The van der Waals surface area contributed by atoms with Gasteiger partial charge in [-0.15, -0.1) is 0 Å². The lowest BCUT2D eigenvalue weighted by atomic mass is 9.95. The lowest BCUT2D eigenvalue weighted by molar-refractivity contribution is -0.139. The van der Waals surface area contributed by atoms with Crippen LogP contribution in [0.3, 0.4) is 0 Å². The molecule has 2 aromatic rings. The summed E-state index contributed by atoms with van der Waals surface area (Å²) < 4.78 is 5.51. The van der Waals surface area contributed by atoms with Crippen molar-refractivity contribution < 1.29 is 19.4 Å². The average molecular weight is 428 g/mol. The molecule has 0 spiro atoms. The van der Waals surface area contributed by atoms with Crippen LogP contribution >= 0.6 is 11.6 Å². The van der Waals surface area contributed by atoms with Gasteiger partial charge in [0, 0.05) is 12.1 Å². The molecule has 2 aromatic carbocycles. The highest BCUT2D eigenvalue weighted by Gasteiger charge is 2.45. The lowest BCUT2D eigenvalue weighted by Gasteiger charge is -2.25. The maximum atomic E-state index is 13.0. The topological polar surface area (TPSA) is 66.8 Å². The number of hydrogen-bond acceptors (Lipinski definition) is 4. The van der Waals surface area contributed by atoms with Gasteiger partial charge in [-0.3, -0.25) is 9.59 Å². The highest BCUT2D eigenvalue weighted by Crippen LogP contribution is 2.40. The maximum absolute atomic E-state index is 13.0. The summed E-state index contributed by atoms with van der Waals surface area (Å²) in [4.78, 5) is 27.4. The molecule has 1 unspecified atom stereocenters. The first kappa shape index (κ1) is 21.9. The first-order valence-electron chi connectivity index (χ1n) is 10.3. The predicted octanol–water partition coefficient (Wildman–Crippen LogP) is 5.35. The molecule has 1 aliphatic rings. The summed E-state index contributed by atoms with van der Waals surface area (Å²) in [6.45, 7) is 4.79. The van der Waals surface area contributed by atoms with Gasteiger partial charge in [-0.1, -0.05) is 61.7 Å². The first-order valence-corrected chi connectivity index (χ1v) is 10.6. The molecular weight excluding hydrogens is 402 g/mol. The van der Waals surface area contributed by atoms with Gasteiger partial charge in [0.05, 0.1) is 23.2 Å². The van der Waals surface area contributed by atoms with Crippen molar-refractivity contribution in [2.45, 2.75) is 39.2 Å². The van der Waals surface area contributed by atoms with Crippen LogP contribution in [0.1, 0.15) is 50.3 Å². The van der Waals surface area contributed by atoms with Gasteiger partial charge in [0.1, 0.15) is 11.5 Å².